The lowest BCUT2D eigenvalue weighted by atomic mass is 9.51. The summed E-state index contributed by atoms with van der Waals surface area (Å²) < 4.78 is 28.9. The van der Waals surface area contributed by atoms with Gasteiger partial charge in [-0.25, -0.2) is 14.4 Å². The Labute approximate surface area is 274 Å². The molecule has 2 saturated heterocycles. The van der Waals surface area contributed by atoms with E-state index in [1.54, 1.807) is 34.0 Å². The van der Waals surface area contributed by atoms with E-state index in [0.717, 1.165) is 11.1 Å². The number of nitrogens with one attached hydrogen (secondary N) is 1. The number of rotatable bonds is 7. The fourth-order valence-corrected chi connectivity index (χ4v) is 8.06. The smallest absolute Gasteiger partial charge is 0.410 e. The van der Waals surface area contributed by atoms with E-state index in [1.165, 1.54) is 18.7 Å². The zero-order valence-corrected chi connectivity index (χ0v) is 28.1. The molecule has 3 heterocycles. The Kier molecular flexibility index (Phi) is 8.23. The highest BCUT2D eigenvalue weighted by Gasteiger charge is 2.69. The summed E-state index contributed by atoms with van der Waals surface area (Å²) in [5.41, 5.74) is -0.459. The zero-order chi connectivity index (χ0) is 34.1. The van der Waals surface area contributed by atoms with Crippen LogP contribution < -0.4 is 14.8 Å². The highest BCUT2D eigenvalue weighted by molar-refractivity contribution is 5.90. The summed E-state index contributed by atoms with van der Waals surface area (Å²) in [6.45, 7) is 9.09. The first kappa shape index (κ1) is 33.1. The normalized spacial score (nSPS) is 30.3. The molecule has 2 fully saturated rings. The van der Waals surface area contributed by atoms with Crippen molar-refractivity contribution in [2.24, 2.45) is 5.92 Å². The lowest BCUT2D eigenvalue weighted by molar-refractivity contribution is -0.205. The molecule has 7 atom stereocenters. The molecule has 0 saturated carbocycles. The fourth-order valence-electron chi connectivity index (χ4n) is 8.06. The van der Waals surface area contributed by atoms with E-state index in [2.05, 4.69) is 5.32 Å². The standard InChI is InChI=1S/C34H45N3O10/c1-18(35-28(38)21-9-8-15-37(21)31(41)47-32(3,4)5)29(39)44-19(2)30(40)45-23-12-13-24-33-14-16-36(6)34(24,42)17-20-10-11-22(43-7)26(25(20)33)46-27(23)33/h10-12,18-19,21,24,27,42H,8-9,13-17H2,1-7H3,(H,35,38)/t18-,19-,21-,24-,27-,33-,34+/m0/s1. The van der Waals surface area contributed by atoms with Gasteiger partial charge in [-0.1, -0.05) is 6.07 Å². The molecule has 13 nitrogen and oxygen atoms in total. The summed E-state index contributed by atoms with van der Waals surface area (Å²) in [5.74, 6) is -0.848. The van der Waals surface area contributed by atoms with Gasteiger partial charge in [-0.3, -0.25) is 14.6 Å². The number of likely N-dealkylation sites (tertiary alicyclic amines) is 2. The van der Waals surface area contributed by atoms with Gasteiger partial charge in [0.1, 0.15) is 29.2 Å². The number of hydrogen-bond acceptors (Lipinski definition) is 11. The number of carbonyl (C=O) groups is 4. The quantitative estimate of drug-likeness (QED) is 0.329. The van der Waals surface area contributed by atoms with Crippen molar-refractivity contribution in [3.8, 4) is 11.5 Å². The van der Waals surface area contributed by atoms with Crippen LogP contribution in [0.4, 0.5) is 4.79 Å². The molecule has 1 aromatic rings. The molecule has 3 aliphatic heterocycles. The first-order chi connectivity index (χ1) is 22.1. The van der Waals surface area contributed by atoms with Crippen molar-refractivity contribution in [1.29, 1.82) is 0 Å². The third kappa shape index (κ3) is 5.41. The summed E-state index contributed by atoms with van der Waals surface area (Å²) in [5, 5.41) is 14.6. The monoisotopic (exact) mass is 655 g/mol. The number of hydrogen-bond donors (Lipinski definition) is 2. The molecular formula is C34H45N3O10. The Bertz CT molecular complexity index is 1520. The predicted octanol–water partition coefficient (Wildman–Crippen LogP) is 2.56. The molecule has 0 radical (unpaired) electrons. The number of benzene rings is 1. The highest BCUT2D eigenvalue weighted by Crippen LogP contribution is 2.65. The van der Waals surface area contributed by atoms with Crippen molar-refractivity contribution in [2.45, 2.75) is 108 Å². The van der Waals surface area contributed by atoms with Gasteiger partial charge in [0.15, 0.2) is 23.7 Å². The van der Waals surface area contributed by atoms with Crippen molar-refractivity contribution >= 4 is 23.9 Å². The van der Waals surface area contributed by atoms with Crippen molar-refractivity contribution < 1.29 is 48.0 Å². The number of amides is 2. The van der Waals surface area contributed by atoms with Gasteiger partial charge < -0.3 is 34.1 Å². The minimum absolute atomic E-state index is 0.201. The minimum atomic E-state index is -1.29. The maximum atomic E-state index is 13.3. The molecule has 2 bridgehead atoms. The molecule has 2 aliphatic carbocycles. The summed E-state index contributed by atoms with van der Waals surface area (Å²) in [7, 11) is 3.50. The van der Waals surface area contributed by atoms with Crippen LogP contribution in [-0.4, -0.2) is 102 Å². The van der Waals surface area contributed by atoms with Gasteiger partial charge in [0, 0.05) is 31.0 Å². The van der Waals surface area contributed by atoms with Crippen LogP contribution in [0.2, 0.25) is 0 Å². The van der Waals surface area contributed by atoms with Crippen LogP contribution in [-0.2, 0) is 40.4 Å². The molecule has 2 amide bonds. The molecule has 13 heteroatoms. The van der Waals surface area contributed by atoms with Gasteiger partial charge in [-0.15, -0.1) is 0 Å². The molecule has 0 aromatic heterocycles. The van der Waals surface area contributed by atoms with Crippen LogP contribution >= 0.6 is 0 Å². The number of allylic oxidation sites excluding steroid dienone is 1. The second kappa shape index (κ2) is 11.7. The molecule has 5 aliphatic rings. The van der Waals surface area contributed by atoms with Crippen LogP contribution in [0.3, 0.4) is 0 Å². The Balaban J connectivity index is 1.12. The maximum absolute atomic E-state index is 13.3. The summed E-state index contributed by atoms with van der Waals surface area (Å²) >= 11 is 0. The Hall–Kier alpha value is -3.84. The number of nitrogens with zero attached hydrogens (tertiary/aromatic N) is 2. The summed E-state index contributed by atoms with van der Waals surface area (Å²) in [6, 6.07) is 1.93. The Morgan fingerprint density at radius 1 is 1.13 bits per heavy atom. The summed E-state index contributed by atoms with van der Waals surface area (Å²) in [4.78, 5) is 55.3. The molecule has 1 spiro atoms. The minimum Gasteiger partial charge on any atom is -0.493 e. The van der Waals surface area contributed by atoms with Crippen LogP contribution in [0.1, 0.15) is 71.4 Å². The maximum Gasteiger partial charge on any atom is 0.410 e. The fraction of sp³-hybridized carbons (Fsp3) is 0.647. The number of carbonyl (C=O) groups excluding carboxylic acids is 4. The van der Waals surface area contributed by atoms with E-state index in [9.17, 15) is 24.3 Å². The van der Waals surface area contributed by atoms with E-state index in [4.69, 9.17) is 23.7 Å². The number of methoxy groups -OCH3 is 1. The molecule has 6 rings (SSSR count). The molecule has 0 unspecified atom stereocenters. The van der Waals surface area contributed by atoms with Crippen molar-refractivity contribution in [3.05, 3.63) is 35.1 Å². The SMILES string of the molecule is COc1ccc2c3c1O[C@H]1C(OC(=O)[C@H](C)OC(=O)[C@H](C)NC(=O)[C@@H]4CCCN4C(=O)OC(C)(C)C)=CC[C@H]4[C@@]31CCN(C)[C@@]4(O)C2. The molecule has 2 N–H and O–H groups in total. The number of ether oxygens (including phenoxy) is 5. The van der Waals surface area contributed by atoms with E-state index < -0.39 is 65.0 Å². The molecule has 47 heavy (non-hydrogen) atoms. The lowest BCUT2D eigenvalue weighted by Gasteiger charge is -2.60. The third-order valence-corrected chi connectivity index (χ3v) is 10.3. The van der Waals surface area contributed by atoms with E-state index in [1.807, 2.05) is 24.1 Å². The molecule has 1 aromatic carbocycles. The van der Waals surface area contributed by atoms with E-state index in [-0.39, 0.29) is 5.92 Å². The third-order valence-electron chi connectivity index (χ3n) is 10.3. The number of piperidine rings is 1. The topological polar surface area (TPSA) is 153 Å². The van der Waals surface area contributed by atoms with Gasteiger partial charge in [-0.05, 0) is 85.1 Å². The van der Waals surface area contributed by atoms with Gasteiger partial charge in [0.25, 0.3) is 0 Å². The van der Waals surface area contributed by atoms with Crippen molar-refractivity contribution in [3.63, 3.8) is 0 Å². The van der Waals surface area contributed by atoms with Crippen LogP contribution in [0.5, 0.6) is 11.5 Å². The van der Waals surface area contributed by atoms with E-state index in [0.29, 0.717) is 62.5 Å². The zero-order valence-electron chi connectivity index (χ0n) is 28.1. The highest BCUT2D eigenvalue weighted by atomic mass is 16.6. The van der Waals surface area contributed by atoms with Crippen LogP contribution in [0.25, 0.3) is 0 Å². The second-order valence-electron chi connectivity index (χ2n) is 14.4. The Morgan fingerprint density at radius 2 is 1.87 bits per heavy atom. The first-order valence-corrected chi connectivity index (χ1v) is 16.3. The second-order valence-corrected chi connectivity index (χ2v) is 14.4. The average molecular weight is 656 g/mol. The number of esters is 2. The van der Waals surface area contributed by atoms with Gasteiger partial charge in [0.05, 0.1) is 12.5 Å². The average Bonchev–Trinajstić information content (AvgIpc) is 3.63. The van der Waals surface area contributed by atoms with Crippen molar-refractivity contribution in [1.82, 2.24) is 15.1 Å². The van der Waals surface area contributed by atoms with Crippen LogP contribution in [0, 0.1) is 5.92 Å². The summed E-state index contributed by atoms with van der Waals surface area (Å²) in [6.07, 6.45) is 1.85. The predicted molar refractivity (Wildman–Crippen MR) is 166 cm³/mol. The van der Waals surface area contributed by atoms with Crippen molar-refractivity contribution in [2.75, 3.05) is 27.2 Å². The number of likely N-dealkylation sites (N-methyl/N-ethyl adjacent to an activating group) is 1. The van der Waals surface area contributed by atoms with Gasteiger partial charge >= 0.3 is 18.0 Å². The van der Waals surface area contributed by atoms with Gasteiger partial charge in [-0.2, -0.15) is 0 Å². The Morgan fingerprint density at radius 3 is 2.57 bits per heavy atom. The number of aliphatic hydroxyl groups is 1. The molecule has 256 valence electrons. The van der Waals surface area contributed by atoms with Crippen LogP contribution in [0.15, 0.2) is 24.0 Å². The van der Waals surface area contributed by atoms with E-state index >= 15 is 0 Å². The van der Waals surface area contributed by atoms with Gasteiger partial charge in [0.2, 0.25) is 5.91 Å². The largest absolute Gasteiger partial charge is 0.493 e. The molecular weight excluding hydrogens is 610 g/mol. The first-order valence-electron chi connectivity index (χ1n) is 16.3. The lowest BCUT2D eigenvalue weighted by Crippen LogP contribution is -2.70.